The van der Waals surface area contributed by atoms with Crippen LogP contribution in [-0.4, -0.2) is 162 Å². The zero-order chi connectivity index (χ0) is 48.6. The summed E-state index contributed by atoms with van der Waals surface area (Å²) in [6.07, 6.45) is 3.30. The van der Waals surface area contributed by atoms with E-state index in [9.17, 15) is 43.2 Å². The molecule has 0 aromatic carbocycles. The van der Waals surface area contributed by atoms with E-state index in [2.05, 4.69) is 47.2 Å². The molecule has 0 aromatic rings. The van der Waals surface area contributed by atoms with Crippen LogP contribution in [0.1, 0.15) is 72.1 Å². The Labute approximate surface area is 391 Å². The highest BCUT2D eigenvalue weighted by molar-refractivity contribution is 8.76. The zero-order valence-corrected chi connectivity index (χ0v) is 39.8. The lowest BCUT2D eigenvalue weighted by atomic mass is 10.0. The molecule has 9 amide bonds. The lowest BCUT2D eigenvalue weighted by Crippen LogP contribution is -2.59. The Balaban J connectivity index is 2.61. The molecule has 2 rings (SSSR count). The van der Waals surface area contributed by atoms with Crippen LogP contribution in [-0.2, 0) is 43.2 Å². The second-order valence-electron chi connectivity index (χ2n) is 15.8. The fourth-order valence-corrected chi connectivity index (χ4v) is 9.53. The van der Waals surface area contributed by atoms with Gasteiger partial charge in [-0.3, -0.25) is 53.1 Å². The SMILES string of the molecule is CSCC[C@@H]1NC(=O)[C@@H](NC(C)=O)CSSC[C@@H](C(N)=O)NC(=O)CNC(=O)[C@@H](CCCN=C(N)N)NC(=O)[C@H](CC(C)C)NC(=O)[C@H](CCCN=C(N)N)NC(=O)[C@@H]2CCCN2C1=O. The molecule has 2 saturated heterocycles. The highest BCUT2D eigenvalue weighted by Gasteiger charge is 2.40. The fraction of sp³-hybridized carbons (Fsp3) is 0.711. The number of nitrogens with zero attached hydrogens (tertiary/aromatic N) is 3. The van der Waals surface area contributed by atoms with Gasteiger partial charge in [-0.15, -0.1) is 0 Å². The number of rotatable bonds is 15. The number of amides is 9. The summed E-state index contributed by atoms with van der Waals surface area (Å²) in [5, 5.41) is 18.4. The number of thioether (sulfide) groups is 1. The zero-order valence-electron chi connectivity index (χ0n) is 37.4. The number of primary amides is 1. The van der Waals surface area contributed by atoms with E-state index in [1.54, 1.807) is 0 Å². The van der Waals surface area contributed by atoms with Gasteiger partial charge in [-0.2, -0.15) is 11.8 Å². The number of hydrogen-bond acceptors (Lipinski definition) is 14. The van der Waals surface area contributed by atoms with Gasteiger partial charge in [0, 0.05) is 38.1 Å². The molecule has 0 spiro atoms. The van der Waals surface area contributed by atoms with Crippen LogP contribution in [0.5, 0.6) is 0 Å². The standard InChI is InChI=1S/C38H67N15O9S3/c1-20(2)16-25-33(59)49-22(8-5-12-44-37(40)41)31(57)46-17-29(55)48-26(30(39)56)18-64-65-19-27(47-21(3)54)34(60)51-24(11-15-63-4)36(62)53-14-7-10-28(53)35(61)50-23(32(58)52-25)9-6-13-45-38(42)43/h20,22-28H,5-19H2,1-4H3,(H2,39,56)(H,46,57)(H,47,54)(H,48,55)(H,49,59)(H,50,61)(H,51,60)(H,52,58)(H4,40,41,44)(H4,42,43,45)/t22-,23+,24+,25+,26+,27+,28+/m1/s1. The molecule has 24 nitrogen and oxygen atoms in total. The maximum absolute atomic E-state index is 14.2. The minimum atomic E-state index is -1.25. The third kappa shape index (κ3) is 21.1. The molecule has 7 atom stereocenters. The van der Waals surface area contributed by atoms with Crippen molar-refractivity contribution in [2.24, 2.45) is 44.6 Å². The smallest absolute Gasteiger partial charge is 0.245 e. The fourth-order valence-electron chi connectivity index (χ4n) is 6.72. The Morgan fingerprint density at radius 3 is 1.88 bits per heavy atom. The van der Waals surface area contributed by atoms with Crippen molar-refractivity contribution >= 4 is 98.4 Å². The molecule has 0 saturated carbocycles. The van der Waals surface area contributed by atoms with Crippen molar-refractivity contribution in [3.63, 3.8) is 0 Å². The van der Waals surface area contributed by atoms with E-state index >= 15 is 0 Å². The first-order valence-corrected chi connectivity index (χ1v) is 25.1. The van der Waals surface area contributed by atoms with Crippen molar-refractivity contribution in [1.82, 2.24) is 42.1 Å². The first-order valence-electron chi connectivity index (χ1n) is 21.2. The number of aliphatic imine (C=N–C) groups is 2. The van der Waals surface area contributed by atoms with Gasteiger partial charge in [-0.05, 0) is 69.3 Å². The van der Waals surface area contributed by atoms with Crippen LogP contribution in [0.4, 0.5) is 0 Å². The summed E-state index contributed by atoms with van der Waals surface area (Å²) in [7, 11) is 2.17. The van der Waals surface area contributed by atoms with Crippen molar-refractivity contribution in [3.8, 4) is 0 Å². The number of nitrogens with one attached hydrogen (secondary N) is 7. The van der Waals surface area contributed by atoms with Crippen LogP contribution in [0.3, 0.4) is 0 Å². The highest BCUT2D eigenvalue weighted by Crippen LogP contribution is 2.24. The van der Waals surface area contributed by atoms with E-state index in [-0.39, 0.29) is 93.9 Å². The van der Waals surface area contributed by atoms with E-state index in [0.29, 0.717) is 12.2 Å². The van der Waals surface area contributed by atoms with Gasteiger partial charge in [-0.25, -0.2) is 0 Å². The third-order valence-electron chi connectivity index (χ3n) is 9.91. The lowest BCUT2D eigenvalue weighted by Gasteiger charge is -2.31. The maximum atomic E-state index is 14.2. The number of fused-ring (bicyclic) bond motifs is 1. The molecular weight excluding hydrogens is 907 g/mol. The average molecular weight is 974 g/mol. The van der Waals surface area contributed by atoms with Crippen molar-refractivity contribution in [1.29, 1.82) is 0 Å². The van der Waals surface area contributed by atoms with E-state index in [1.165, 1.54) is 23.6 Å². The van der Waals surface area contributed by atoms with Gasteiger partial charge in [0.15, 0.2) is 11.9 Å². The van der Waals surface area contributed by atoms with Crippen LogP contribution in [0, 0.1) is 5.92 Å². The minimum Gasteiger partial charge on any atom is -0.370 e. The first kappa shape index (κ1) is 56.0. The molecule has 0 aromatic heterocycles. The molecule has 0 aliphatic carbocycles. The second-order valence-corrected chi connectivity index (χ2v) is 19.3. The Morgan fingerprint density at radius 2 is 1.31 bits per heavy atom. The normalized spacial score (nSPS) is 24.8. The van der Waals surface area contributed by atoms with Crippen molar-refractivity contribution < 1.29 is 43.2 Å². The molecular formula is C38H67N15O9S3. The molecule has 65 heavy (non-hydrogen) atoms. The third-order valence-corrected chi connectivity index (χ3v) is 13.0. The van der Waals surface area contributed by atoms with Crippen LogP contribution in [0.2, 0.25) is 0 Å². The molecule has 366 valence electrons. The van der Waals surface area contributed by atoms with Gasteiger partial charge in [0.05, 0.1) is 6.54 Å². The number of carbonyl (C=O) groups is 9. The molecule has 0 bridgehead atoms. The van der Waals surface area contributed by atoms with Crippen molar-refractivity contribution in [2.75, 3.05) is 49.7 Å². The first-order chi connectivity index (χ1) is 30.7. The molecule has 2 fully saturated rings. The van der Waals surface area contributed by atoms with Gasteiger partial charge in [0.25, 0.3) is 0 Å². The molecule has 2 heterocycles. The van der Waals surface area contributed by atoms with Crippen molar-refractivity contribution in [3.05, 3.63) is 0 Å². The largest absolute Gasteiger partial charge is 0.370 e. The summed E-state index contributed by atoms with van der Waals surface area (Å²) >= 11 is 1.44. The summed E-state index contributed by atoms with van der Waals surface area (Å²) in [4.78, 5) is 131. The van der Waals surface area contributed by atoms with Gasteiger partial charge in [-0.1, -0.05) is 35.4 Å². The molecule has 0 radical (unpaired) electrons. The maximum Gasteiger partial charge on any atom is 0.245 e. The summed E-state index contributed by atoms with van der Waals surface area (Å²) in [5.41, 5.74) is 27.5. The van der Waals surface area contributed by atoms with E-state index in [1.807, 2.05) is 20.1 Å². The van der Waals surface area contributed by atoms with Gasteiger partial charge in [0.2, 0.25) is 53.2 Å². The predicted octanol–water partition coefficient (Wildman–Crippen LogP) is -4.19. The summed E-state index contributed by atoms with van der Waals surface area (Å²) in [6.45, 7) is 4.64. The summed E-state index contributed by atoms with van der Waals surface area (Å²) < 4.78 is 0. The van der Waals surface area contributed by atoms with Gasteiger partial charge in [0.1, 0.15) is 42.3 Å². The molecule has 0 unspecified atom stereocenters. The van der Waals surface area contributed by atoms with Crippen LogP contribution < -0.4 is 65.9 Å². The van der Waals surface area contributed by atoms with E-state index in [0.717, 1.165) is 21.6 Å². The van der Waals surface area contributed by atoms with Crippen LogP contribution >= 0.6 is 33.3 Å². The molecule has 27 heteroatoms. The predicted molar refractivity (Wildman–Crippen MR) is 251 cm³/mol. The Morgan fingerprint density at radius 1 is 0.754 bits per heavy atom. The van der Waals surface area contributed by atoms with Gasteiger partial charge < -0.3 is 70.8 Å². The minimum absolute atomic E-state index is 0.00577. The molecule has 2 aliphatic heterocycles. The van der Waals surface area contributed by atoms with E-state index in [4.69, 9.17) is 28.7 Å². The Bertz CT molecular complexity index is 1730. The van der Waals surface area contributed by atoms with Gasteiger partial charge >= 0.3 is 0 Å². The number of nitrogens with two attached hydrogens (primary N) is 5. The summed E-state index contributed by atoms with van der Waals surface area (Å²) in [5.74, 6) is -6.41. The Kier molecular flexibility index (Phi) is 25.3. The van der Waals surface area contributed by atoms with Crippen molar-refractivity contribution in [2.45, 2.75) is 114 Å². The number of guanidine groups is 2. The molecule has 2 aliphatic rings. The van der Waals surface area contributed by atoms with E-state index < -0.39 is 102 Å². The highest BCUT2D eigenvalue weighted by atomic mass is 33.1. The number of hydrogen-bond donors (Lipinski definition) is 12. The average Bonchev–Trinajstić information content (AvgIpc) is 3.73. The monoisotopic (exact) mass is 973 g/mol. The topological polar surface area (TPSA) is 396 Å². The van der Waals surface area contributed by atoms with Crippen LogP contribution in [0.25, 0.3) is 0 Å². The quantitative estimate of drug-likeness (QED) is 0.0320. The van der Waals surface area contributed by atoms with Crippen LogP contribution in [0.15, 0.2) is 9.98 Å². The summed E-state index contributed by atoms with van der Waals surface area (Å²) in [6, 6.07) is -8.15. The molecule has 17 N–H and O–H groups in total. The second kappa shape index (κ2) is 29.4. The lowest BCUT2D eigenvalue weighted by molar-refractivity contribution is -0.142. The number of carbonyl (C=O) groups excluding carboxylic acids is 9. The Hall–Kier alpha value is -5.18.